The summed E-state index contributed by atoms with van der Waals surface area (Å²) in [6.45, 7) is 1.22. The van der Waals surface area contributed by atoms with E-state index in [2.05, 4.69) is 17.4 Å². The third kappa shape index (κ3) is 5.75. The van der Waals surface area contributed by atoms with E-state index in [-0.39, 0.29) is 23.5 Å². The van der Waals surface area contributed by atoms with Crippen LogP contribution in [0, 0.1) is 0 Å². The van der Waals surface area contributed by atoms with Crippen molar-refractivity contribution in [2.45, 2.75) is 31.2 Å². The van der Waals surface area contributed by atoms with Gasteiger partial charge in [-0.3, -0.25) is 14.4 Å². The molecule has 1 aliphatic heterocycles. The summed E-state index contributed by atoms with van der Waals surface area (Å²) in [7, 11) is 0. The monoisotopic (exact) mass is 514 g/mol. The number of para-hydroxylation sites is 1. The Morgan fingerprint density at radius 3 is 2.35 bits per heavy atom. The molecule has 1 atom stereocenters. The highest BCUT2D eigenvalue weighted by molar-refractivity contribution is 6.30. The number of nitrogens with zero attached hydrogens (tertiary/aromatic N) is 1. The Bertz CT molecular complexity index is 1460. The zero-order valence-corrected chi connectivity index (χ0v) is 21.0. The van der Waals surface area contributed by atoms with Crippen molar-refractivity contribution < 1.29 is 14.0 Å². The smallest absolute Gasteiger partial charge is 0.287 e. The number of likely N-dealkylation sites (tertiary alicyclic amines) is 1. The number of amides is 2. The fourth-order valence-corrected chi connectivity index (χ4v) is 5.01. The number of fused-ring (bicyclic) bond motifs is 1. The maximum atomic E-state index is 13.7. The zero-order valence-electron chi connectivity index (χ0n) is 20.2. The first-order valence-electron chi connectivity index (χ1n) is 12.4. The topological polar surface area (TPSA) is 79.6 Å². The van der Waals surface area contributed by atoms with Gasteiger partial charge in [-0.25, -0.2) is 0 Å². The van der Waals surface area contributed by atoms with E-state index in [4.69, 9.17) is 16.0 Å². The third-order valence-electron chi connectivity index (χ3n) is 6.89. The van der Waals surface area contributed by atoms with Crippen molar-refractivity contribution >= 4 is 34.4 Å². The molecular weight excluding hydrogens is 488 g/mol. The van der Waals surface area contributed by atoms with E-state index in [1.165, 1.54) is 11.6 Å². The van der Waals surface area contributed by atoms with Crippen LogP contribution in [0.2, 0.25) is 5.02 Å². The number of carbonyl (C=O) groups excluding carboxylic acids is 2. The minimum Gasteiger partial charge on any atom is -0.451 e. The van der Waals surface area contributed by atoms with E-state index in [9.17, 15) is 14.4 Å². The number of rotatable bonds is 6. The van der Waals surface area contributed by atoms with Crippen LogP contribution in [0.15, 0.2) is 94.1 Å². The third-order valence-corrected chi connectivity index (χ3v) is 7.14. The van der Waals surface area contributed by atoms with Crippen LogP contribution in [0.25, 0.3) is 11.0 Å². The highest BCUT2D eigenvalue weighted by atomic mass is 35.5. The molecule has 5 rings (SSSR count). The molecule has 2 amide bonds. The number of hydrogen-bond acceptors (Lipinski definition) is 4. The minimum atomic E-state index is -0.821. The largest absolute Gasteiger partial charge is 0.451 e. The molecule has 2 heterocycles. The van der Waals surface area contributed by atoms with Gasteiger partial charge in [-0.15, -0.1) is 0 Å². The molecule has 0 saturated carbocycles. The molecule has 7 heteroatoms. The molecule has 0 aliphatic carbocycles. The zero-order chi connectivity index (χ0) is 25.8. The summed E-state index contributed by atoms with van der Waals surface area (Å²) in [6.07, 6.45) is 2.01. The van der Waals surface area contributed by atoms with Gasteiger partial charge in [0.25, 0.3) is 5.91 Å². The summed E-state index contributed by atoms with van der Waals surface area (Å²) in [5.74, 6) is -0.478. The van der Waals surface area contributed by atoms with Gasteiger partial charge in [0.05, 0.1) is 5.39 Å². The SMILES string of the molecule is O=C(N[C@@H](Cc1ccc(Cl)cc1)C(=O)N1CCC(c2ccccc2)CC1)c1cc(=O)c2ccccc2o1. The van der Waals surface area contributed by atoms with Gasteiger partial charge in [0.1, 0.15) is 11.6 Å². The molecule has 1 saturated heterocycles. The van der Waals surface area contributed by atoms with Crippen LogP contribution in [0.5, 0.6) is 0 Å². The molecule has 6 nitrogen and oxygen atoms in total. The Morgan fingerprint density at radius 1 is 0.946 bits per heavy atom. The second kappa shape index (κ2) is 11.0. The molecule has 0 spiro atoms. The van der Waals surface area contributed by atoms with E-state index >= 15 is 0 Å². The number of benzene rings is 3. The number of carbonyl (C=O) groups is 2. The predicted molar refractivity (Wildman–Crippen MR) is 144 cm³/mol. The highest BCUT2D eigenvalue weighted by Gasteiger charge is 2.31. The molecule has 188 valence electrons. The summed E-state index contributed by atoms with van der Waals surface area (Å²) in [5, 5.41) is 3.82. The van der Waals surface area contributed by atoms with Crippen molar-refractivity contribution in [3.8, 4) is 0 Å². The standard InChI is InChI=1S/C30H27ClN2O4/c31-23-12-10-20(11-13-23)18-25(30(36)33-16-14-22(15-17-33)21-6-2-1-3-7-21)32-29(35)28-19-26(34)24-8-4-5-9-27(24)37-28/h1-13,19,22,25H,14-18H2,(H,32,35)/t25-/m0/s1. The van der Waals surface area contributed by atoms with E-state index in [1.807, 2.05) is 35.2 Å². The molecule has 1 N–H and O–H groups in total. The first-order valence-corrected chi connectivity index (χ1v) is 12.8. The molecule has 1 aliphatic rings. The second-order valence-corrected chi connectivity index (χ2v) is 9.77. The van der Waals surface area contributed by atoms with Gasteiger partial charge in [-0.05, 0) is 54.2 Å². The van der Waals surface area contributed by atoms with Crippen LogP contribution in [-0.4, -0.2) is 35.8 Å². The molecule has 0 radical (unpaired) electrons. The maximum Gasteiger partial charge on any atom is 0.287 e. The van der Waals surface area contributed by atoms with Gasteiger partial charge in [0.15, 0.2) is 11.2 Å². The van der Waals surface area contributed by atoms with Crippen LogP contribution in [-0.2, 0) is 11.2 Å². The molecule has 37 heavy (non-hydrogen) atoms. The van der Waals surface area contributed by atoms with Gasteiger partial charge >= 0.3 is 0 Å². The Morgan fingerprint density at radius 2 is 1.62 bits per heavy atom. The number of halogens is 1. The van der Waals surface area contributed by atoms with Gasteiger partial charge in [-0.2, -0.15) is 0 Å². The van der Waals surface area contributed by atoms with Gasteiger partial charge in [0.2, 0.25) is 5.91 Å². The lowest BCUT2D eigenvalue weighted by atomic mass is 9.89. The molecular formula is C30H27ClN2O4. The number of hydrogen-bond donors (Lipinski definition) is 1. The van der Waals surface area contributed by atoms with Crippen molar-refractivity contribution in [2.24, 2.45) is 0 Å². The Balaban J connectivity index is 1.35. The molecule has 0 bridgehead atoms. The van der Waals surface area contributed by atoms with Crippen LogP contribution in [0.1, 0.15) is 40.4 Å². The number of piperidine rings is 1. The fraction of sp³-hybridized carbons (Fsp3) is 0.233. The van der Waals surface area contributed by atoms with Crippen LogP contribution < -0.4 is 10.7 Å². The number of nitrogens with one attached hydrogen (secondary N) is 1. The van der Waals surface area contributed by atoms with Gasteiger partial charge in [-0.1, -0.05) is 66.2 Å². The predicted octanol–water partition coefficient (Wildman–Crippen LogP) is 5.19. The normalized spacial score (nSPS) is 14.9. The lowest BCUT2D eigenvalue weighted by Gasteiger charge is -2.34. The van der Waals surface area contributed by atoms with E-state index in [0.717, 1.165) is 18.4 Å². The van der Waals surface area contributed by atoms with Crippen molar-refractivity contribution in [3.05, 3.63) is 117 Å². The Labute approximate surface area is 219 Å². The minimum absolute atomic E-state index is 0.125. The first kappa shape index (κ1) is 24.8. The van der Waals surface area contributed by atoms with Crippen molar-refractivity contribution in [3.63, 3.8) is 0 Å². The quantitative estimate of drug-likeness (QED) is 0.384. The summed E-state index contributed by atoms with van der Waals surface area (Å²) >= 11 is 6.04. The molecule has 1 fully saturated rings. The fourth-order valence-electron chi connectivity index (χ4n) is 4.88. The van der Waals surface area contributed by atoms with Gasteiger partial charge in [0, 0.05) is 30.6 Å². The van der Waals surface area contributed by atoms with Crippen molar-refractivity contribution in [1.29, 1.82) is 0 Å². The van der Waals surface area contributed by atoms with Crippen molar-refractivity contribution in [1.82, 2.24) is 10.2 Å². The highest BCUT2D eigenvalue weighted by Crippen LogP contribution is 2.28. The van der Waals surface area contributed by atoms with Crippen LogP contribution in [0.3, 0.4) is 0 Å². The Hall–Kier alpha value is -3.90. The summed E-state index contributed by atoms with van der Waals surface area (Å²) in [6, 6.07) is 24.6. The Kier molecular flexibility index (Phi) is 7.37. The average molecular weight is 515 g/mol. The van der Waals surface area contributed by atoms with Crippen LogP contribution in [0.4, 0.5) is 0 Å². The molecule has 0 unspecified atom stereocenters. The average Bonchev–Trinajstić information content (AvgIpc) is 2.94. The molecule has 3 aromatic carbocycles. The van der Waals surface area contributed by atoms with E-state index < -0.39 is 11.9 Å². The summed E-state index contributed by atoms with van der Waals surface area (Å²) in [4.78, 5) is 41.2. The van der Waals surface area contributed by atoms with Crippen LogP contribution >= 0.6 is 11.6 Å². The second-order valence-electron chi connectivity index (χ2n) is 9.34. The lowest BCUT2D eigenvalue weighted by Crippen LogP contribution is -2.51. The molecule has 4 aromatic rings. The van der Waals surface area contributed by atoms with Crippen molar-refractivity contribution in [2.75, 3.05) is 13.1 Å². The molecule has 1 aromatic heterocycles. The lowest BCUT2D eigenvalue weighted by molar-refractivity contribution is -0.134. The van der Waals surface area contributed by atoms with E-state index in [1.54, 1.807) is 36.4 Å². The summed E-state index contributed by atoms with van der Waals surface area (Å²) in [5.41, 5.74) is 2.16. The summed E-state index contributed by atoms with van der Waals surface area (Å²) < 4.78 is 5.71. The maximum absolute atomic E-state index is 13.7. The first-order chi connectivity index (χ1) is 18.0. The van der Waals surface area contributed by atoms with E-state index in [0.29, 0.717) is 35.0 Å². The van der Waals surface area contributed by atoms with Gasteiger partial charge < -0.3 is 14.6 Å².